The summed E-state index contributed by atoms with van der Waals surface area (Å²) in [5.41, 5.74) is 1.56. The number of aromatic nitrogens is 3. The van der Waals surface area contributed by atoms with Crippen LogP contribution in [0.1, 0.15) is 29.0 Å². The predicted octanol–water partition coefficient (Wildman–Crippen LogP) is 2.45. The van der Waals surface area contributed by atoms with Crippen LogP contribution in [0.5, 0.6) is 0 Å². The van der Waals surface area contributed by atoms with Crippen molar-refractivity contribution in [2.24, 2.45) is 0 Å². The fourth-order valence-corrected chi connectivity index (χ4v) is 4.06. The number of pyridine rings is 1. The number of urea groups is 1. The molecule has 0 unspecified atom stereocenters. The van der Waals surface area contributed by atoms with Crippen molar-refractivity contribution < 1.29 is 14.0 Å². The minimum Gasteiger partial charge on any atom is -0.348 e. The molecule has 1 saturated heterocycles. The smallest absolute Gasteiger partial charge is 0.318 e. The summed E-state index contributed by atoms with van der Waals surface area (Å²) in [6.07, 6.45) is 2.70. The Labute approximate surface area is 175 Å². The first-order chi connectivity index (χ1) is 14.5. The minimum absolute atomic E-state index is 0.198. The zero-order valence-electron chi connectivity index (χ0n) is 16.4. The van der Waals surface area contributed by atoms with Crippen molar-refractivity contribution >= 4 is 39.4 Å². The van der Waals surface area contributed by atoms with Gasteiger partial charge >= 0.3 is 6.03 Å². The molecule has 3 amide bonds. The van der Waals surface area contributed by atoms with E-state index in [9.17, 15) is 14.0 Å². The number of nitrogens with zero attached hydrogens (tertiary/aromatic N) is 5. The van der Waals surface area contributed by atoms with Crippen molar-refractivity contribution in [1.29, 1.82) is 0 Å². The van der Waals surface area contributed by atoms with Crippen LogP contribution in [-0.4, -0.2) is 63.5 Å². The van der Waals surface area contributed by atoms with Crippen molar-refractivity contribution in [1.82, 2.24) is 30.1 Å². The van der Waals surface area contributed by atoms with Crippen LogP contribution in [0.25, 0.3) is 10.2 Å². The molecule has 3 aromatic heterocycles. The lowest BCUT2D eigenvalue weighted by molar-refractivity contribution is 0.0770. The Hall–Kier alpha value is -3.34. The number of carbonyl (C=O) groups excluding carboxylic acids is 2. The topological polar surface area (TPSA) is 103 Å². The Morgan fingerprint density at radius 1 is 1.23 bits per heavy atom. The van der Waals surface area contributed by atoms with Gasteiger partial charge in [0, 0.05) is 26.3 Å². The van der Waals surface area contributed by atoms with Gasteiger partial charge in [0.25, 0.3) is 5.91 Å². The third-order valence-electron chi connectivity index (χ3n) is 4.85. The van der Waals surface area contributed by atoms with Gasteiger partial charge in [0.1, 0.15) is 5.82 Å². The summed E-state index contributed by atoms with van der Waals surface area (Å²) in [4.78, 5) is 40.9. The molecule has 4 heterocycles. The van der Waals surface area contributed by atoms with Crippen molar-refractivity contribution in [3.8, 4) is 0 Å². The predicted molar refractivity (Wildman–Crippen MR) is 111 cm³/mol. The first-order valence-corrected chi connectivity index (χ1v) is 10.2. The van der Waals surface area contributed by atoms with Gasteiger partial charge in [0.05, 0.1) is 29.1 Å². The third-order valence-corrected chi connectivity index (χ3v) is 5.76. The van der Waals surface area contributed by atoms with Crippen LogP contribution in [0, 0.1) is 5.82 Å². The number of fused-ring (bicyclic) bond motifs is 1. The second-order valence-electron chi connectivity index (χ2n) is 6.86. The molecule has 1 aliphatic rings. The molecular weight excluding hydrogens is 409 g/mol. The van der Waals surface area contributed by atoms with E-state index in [1.54, 1.807) is 23.0 Å². The summed E-state index contributed by atoms with van der Waals surface area (Å²) in [6, 6.07) is 2.66. The largest absolute Gasteiger partial charge is 0.348 e. The second-order valence-corrected chi connectivity index (χ2v) is 7.78. The standard InChI is InChI=1S/C19H20FN7O2S/c1-11(12-7-13(20)9-22-8-12)23-18-24-14-3-6-30-16(14)15(25-18)17(28)26-4-5-27(10-26)19(29)21-2/h3,6-9,11H,4-5,10H2,1-2H3,(H,21,29)(H,23,24,25)/t11-/m0/s1. The zero-order valence-corrected chi connectivity index (χ0v) is 17.2. The number of thiophene rings is 1. The normalized spacial score (nSPS) is 14.8. The van der Waals surface area contributed by atoms with Crippen LogP contribution in [0.2, 0.25) is 0 Å². The molecule has 11 heteroatoms. The molecule has 30 heavy (non-hydrogen) atoms. The van der Waals surface area contributed by atoms with Crippen LogP contribution in [0.3, 0.4) is 0 Å². The van der Waals surface area contributed by atoms with Gasteiger partial charge in [-0.1, -0.05) is 0 Å². The Bertz CT molecular complexity index is 1110. The highest BCUT2D eigenvalue weighted by Crippen LogP contribution is 2.27. The molecule has 9 nitrogen and oxygen atoms in total. The molecule has 3 aromatic rings. The molecule has 4 rings (SSSR count). The Morgan fingerprint density at radius 2 is 2.03 bits per heavy atom. The van der Waals surface area contributed by atoms with Crippen molar-refractivity contribution in [2.75, 3.05) is 32.1 Å². The number of hydrogen-bond acceptors (Lipinski definition) is 7. The molecule has 156 valence electrons. The van der Waals surface area contributed by atoms with Gasteiger partial charge < -0.3 is 20.4 Å². The molecule has 0 aliphatic carbocycles. The van der Waals surface area contributed by atoms with E-state index >= 15 is 0 Å². The molecule has 0 aromatic carbocycles. The highest BCUT2D eigenvalue weighted by Gasteiger charge is 2.30. The molecule has 1 atom stereocenters. The molecular formula is C19H20FN7O2S. The quantitative estimate of drug-likeness (QED) is 0.660. The number of amides is 3. The lowest BCUT2D eigenvalue weighted by Gasteiger charge is -2.19. The Kier molecular flexibility index (Phi) is 5.44. The average Bonchev–Trinajstić information content (AvgIpc) is 3.41. The number of rotatable bonds is 4. The summed E-state index contributed by atoms with van der Waals surface area (Å²) >= 11 is 1.39. The van der Waals surface area contributed by atoms with Crippen molar-refractivity contribution in [3.05, 3.63) is 47.0 Å². The van der Waals surface area contributed by atoms with Crippen LogP contribution < -0.4 is 10.6 Å². The van der Waals surface area contributed by atoms with Gasteiger partial charge in [0.2, 0.25) is 5.95 Å². The molecule has 1 fully saturated rings. The van der Waals surface area contributed by atoms with Gasteiger partial charge in [0.15, 0.2) is 5.69 Å². The molecule has 2 N–H and O–H groups in total. The van der Waals surface area contributed by atoms with E-state index in [4.69, 9.17) is 0 Å². The van der Waals surface area contributed by atoms with Gasteiger partial charge in [-0.2, -0.15) is 0 Å². The highest BCUT2D eigenvalue weighted by molar-refractivity contribution is 7.17. The third kappa shape index (κ3) is 3.88. The van der Waals surface area contributed by atoms with Gasteiger partial charge in [-0.3, -0.25) is 9.78 Å². The summed E-state index contributed by atoms with van der Waals surface area (Å²) in [6.45, 7) is 2.92. The van der Waals surface area contributed by atoms with E-state index in [1.807, 2.05) is 18.4 Å². The number of halogens is 1. The maximum atomic E-state index is 13.5. The van der Waals surface area contributed by atoms with E-state index in [0.29, 0.717) is 28.9 Å². The first-order valence-electron chi connectivity index (χ1n) is 9.34. The van der Waals surface area contributed by atoms with Gasteiger partial charge in [-0.15, -0.1) is 11.3 Å². The second kappa shape index (κ2) is 8.19. The molecule has 0 saturated carbocycles. The average molecular weight is 429 g/mol. The first kappa shape index (κ1) is 20.0. The minimum atomic E-state index is -0.430. The number of carbonyl (C=O) groups is 2. The van der Waals surface area contributed by atoms with Crippen molar-refractivity contribution in [3.63, 3.8) is 0 Å². The van der Waals surface area contributed by atoms with E-state index in [1.165, 1.54) is 17.4 Å². The summed E-state index contributed by atoms with van der Waals surface area (Å²) in [7, 11) is 1.56. The molecule has 0 radical (unpaired) electrons. The number of nitrogens with one attached hydrogen (secondary N) is 2. The monoisotopic (exact) mass is 429 g/mol. The van der Waals surface area contributed by atoms with Crippen molar-refractivity contribution in [2.45, 2.75) is 13.0 Å². The van der Waals surface area contributed by atoms with Crippen LogP contribution in [0.4, 0.5) is 15.1 Å². The number of anilines is 1. The maximum absolute atomic E-state index is 13.5. The fraction of sp³-hybridized carbons (Fsp3) is 0.316. The fourth-order valence-electron chi connectivity index (χ4n) is 3.24. The van der Waals surface area contributed by atoms with E-state index in [2.05, 4.69) is 25.6 Å². The van der Waals surface area contributed by atoms with Gasteiger partial charge in [-0.25, -0.2) is 19.2 Å². The van der Waals surface area contributed by atoms with E-state index in [-0.39, 0.29) is 36.3 Å². The maximum Gasteiger partial charge on any atom is 0.318 e. The SMILES string of the molecule is CNC(=O)N1CCN(C(=O)c2nc(N[C@@H](C)c3cncc(F)c3)nc3ccsc23)C1. The number of hydrogen-bond donors (Lipinski definition) is 2. The zero-order chi connectivity index (χ0) is 21.3. The Balaban J connectivity index is 1.60. The van der Waals surface area contributed by atoms with Crippen LogP contribution in [-0.2, 0) is 0 Å². The summed E-state index contributed by atoms with van der Waals surface area (Å²) in [5.74, 6) is -0.427. The van der Waals surface area contributed by atoms with E-state index in [0.717, 1.165) is 6.20 Å². The lowest BCUT2D eigenvalue weighted by Crippen LogP contribution is -2.38. The van der Waals surface area contributed by atoms with Crippen LogP contribution in [0.15, 0.2) is 29.9 Å². The Morgan fingerprint density at radius 3 is 2.80 bits per heavy atom. The molecule has 0 bridgehead atoms. The van der Waals surface area contributed by atoms with E-state index < -0.39 is 5.82 Å². The lowest BCUT2D eigenvalue weighted by atomic mass is 10.1. The highest BCUT2D eigenvalue weighted by atomic mass is 32.1. The molecule has 1 aliphatic heterocycles. The molecule has 0 spiro atoms. The summed E-state index contributed by atoms with van der Waals surface area (Å²) < 4.78 is 14.2. The van der Waals surface area contributed by atoms with Crippen LogP contribution >= 0.6 is 11.3 Å². The summed E-state index contributed by atoms with van der Waals surface area (Å²) in [5, 5.41) is 7.53. The van der Waals surface area contributed by atoms with Gasteiger partial charge in [-0.05, 0) is 30.0 Å².